The lowest BCUT2D eigenvalue weighted by molar-refractivity contribution is -0.132. The van der Waals surface area contributed by atoms with E-state index in [2.05, 4.69) is 75.3 Å². The van der Waals surface area contributed by atoms with Crippen LogP contribution in [0.2, 0.25) is 0 Å². The molecule has 1 aliphatic rings. The first kappa shape index (κ1) is 25.3. The van der Waals surface area contributed by atoms with Crippen LogP contribution in [-0.2, 0) is 11.2 Å². The van der Waals surface area contributed by atoms with E-state index in [1.165, 1.54) is 11.1 Å². The molecule has 0 unspecified atom stereocenters. The Hall–Kier alpha value is -3.94. The molecule has 0 bridgehead atoms. The molecule has 2 aromatic heterocycles. The summed E-state index contributed by atoms with van der Waals surface area (Å²) in [4.78, 5) is 23.6. The van der Waals surface area contributed by atoms with Crippen molar-refractivity contribution >= 4 is 22.2 Å². The van der Waals surface area contributed by atoms with E-state index in [1.54, 1.807) is 11.3 Å². The number of rotatable bonds is 8. The number of hydrogen-bond acceptors (Lipinski definition) is 5. The Morgan fingerprint density at radius 2 is 1.54 bits per heavy atom. The minimum atomic E-state index is 0.168. The van der Waals surface area contributed by atoms with Gasteiger partial charge in [0.25, 0.3) is 0 Å². The Morgan fingerprint density at radius 3 is 2.15 bits per heavy atom. The van der Waals surface area contributed by atoms with Gasteiger partial charge in [-0.15, -0.1) is 11.3 Å². The fourth-order valence-corrected chi connectivity index (χ4v) is 6.24. The second kappa shape index (κ2) is 11.4. The number of carbonyl (C=O) groups is 1. The predicted molar refractivity (Wildman–Crippen MR) is 156 cm³/mol. The van der Waals surface area contributed by atoms with Crippen LogP contribution in [0.15, 0.2) is 96.5 Å². The molecule has 3 aromatic carbocycles. The van der Waals surface area contributed by atoms with Crippen molar-refractivity contribution in [3.05, 3.63) is 113 Å². The molecule has 198 valence electrons. The lowest BCUT2D eigenvalue weighted by Crippen LogP contribution is -2.50. The monoisotopic (exact) mass is 536 g/mol. The molecule has 0 saturated carbocycles. The lowest BCUT2D eigenvalue weighted by atomic mass is 9.96. The summed E-state index contributed by atoms with van der Waals surface area (Å²) in [5.74, 6) is 1.02. The normalized spacial score (nSPS) is 14.3. The number of imidazole rings is 1. The van der Waals surface area contributed by atoms with E-state index in [-0.39, 0.29) is 11.9 Å². The number of benzene rings is 3. The van der Waals surface area contributed by atoms with Crippen LogP contribution in [0.25, 0.3) is 16.2 Å². The number of ether oxygens (including phenoxy) is 1. The molecule has 1 amide bonds. The van der Waals surface area contributed by atoms with Crippen molar-refractivity contribution in [1.82, 2.24) is 19.2 Å². The quantitative estimate of drug-likeness (QED) is 0.246. The maximum Gasteiger partial charge on any atom is 0.228 e. The van der Waals surface area contributed by atoms with Crippen LogP contribution in [0, 0.1) is 0 Å². The third kappa shape index (κ3) is 5.46. The number of nitrogens with zero attached hydrogens (tertiary/aromatic N) is 4. The minimum Gasteiger partial charge on any atom is -0.494 e. The van der Waals surface area contributed by atoms with Gasteiger partial charge in [-0.2, -0.15) is 0 Å². The third-order valence-electron chi connectivity index (χ3n) is 7.34. The zero-order valence-corrected chi connectivity index (χ0v) is 22.9. The van der Waals surface area contributed by atoms with Crippen molar-refractivity contribution in [1.29, 1.82) is 0 Å². The van der Waals surface area contributed by atoms with Crippen LogP contribution in [-0.4, -0.2) is 57.9 Å². The second-order valence-electron chi connectivity index (χ2n) is 9.78. The summed E-state index contributed by atoms with van der Waals surface area (Å²) in [6, 6.07) is 29.5. The lowest BCUT2D eigenvalue weighted by Gasteiger charge is -2.39. The van der Waals surface area contributed by atoms with Gasteiger partial charge in [0, 0.05) is 49.0 Å². The van der Waals surface area contributed by atoms with Crippen molar-refractivity contribution in [3.8, 4) is 17.0 Å². The fraction of sp³-hybridized carbons (Fsp3) is 0.250. The van der Waals surface area contributed by atoms with Crippen molar-refractivity contribution in [2.24, 2.45) is 0 Å². The highest BCUT2D eigenvalue weighted by molar-refractivity contribution is 7.15. The summed E-state index contributed by atoms with van der Waals surface area (Å²) < 4.78 is 7.62. The van der Waals surface area contributed by atoms with Gasteiger partial charge in [-0.25, -0.2) is 4.98 Å². The molecule has 0 atom stereocenters. The van der Waals surface area contributed by atoms with Gasteiger partial charge in [0.15, 0.2) is 4.96 Å². The highest BCUT2D eigenvalue weighted by Crippen LogP contribution is 2.30. The number of amides is 1. The molecule has 1 aliphatic heterocycles. The summed E-state index contributed by atoms with van der Waals surface area (Å²) in [5.41, 5.74) is 5.49. The number of thiazole rings is 1. The Morgan fingerprint density at radius 1 is 0.897 bits per heavy atom. The number of carbonyl (C=O) groups excluding carboxylic acids is 1. The van der Waals surface area contributed by atoms with E-state index < -0.39 is 0 Å². The number of piperazine rings is 1. The molecule has 5 aromatic rings. The van der Waals surface area contributed by atoms with Crippen molar-refractivity contribution in [2.45, 2.75) is 19.4 Å². The summed E-state index contributed by atoms with van der Waals surface area (Å²) in [5, 5.41) is 2.05. The zero-order chi connectivity index (χ0) is 26.6. The Bertz CT molecular complexity index is 1480. The van der Waals surface area contributed by atoms with Gasteiger partial charge in [-0.05, 0) is 42.3 Å². The molecule has 0 radical (unpaired) electrons. The third-order valence-corrected chi connectivity index (χ3v) is 8.23. The SMILES string of the molecule is CCOc1ccc(-c2cn3c(CC(=O)N4CCN(C(c5ccccc5)c5ccccc5)CC4)csc3n2)cc1. The Kier molecular flexibility index (Phi) is 7.43. The topological polar surface area (TPSA) is 50.1 Å². The summed E-state index contributed by atoms with van der Waals surface area (Å²) in [6.07, 6.45) is 2.41. The number of hydrogen-bond donors (Lipinski definition) is 0. The average Bonchev–Trinajstić information content (AvgIpc) is 3.57. The highest BCUT2D eigenvalue weighted by Gasteiger charge is 2.28. The Balaban J connectivity index is 1.13. The molecule has 39 heavy (non-hydrogen) atoms. The van der Waals surface area contributed by atoms with Gasteiger partial charge in [0.2, 0.25) is 5.91 Å². The molecule has 3 heterocycles. The molecular formula is C32H32N4O2S. The van der Waals surface area contributed by atoms with Crippen molar-refractivity contribution in [3.63, 3.8) is 0 Å². The average molecular weight is 537 g/mol. The van der Waals surface area contributed by atoms with Crippen LogP contribution >= 0.6 is 11.3 Å². The Labute approximate surface area is 233 Å². The van der Waals surface area contributed by atoms with Gasteiger partial charge in [-0.3, -0.25) is 14.1 Å². The summed E-state index contributed by atoms with van der Waals surface area (Å²) in [6.45, 7) is 5.75. The molecule has 1 saturated heterocycles. The number of aromatic nitrogens is 2. The molecule has 6 rings (SSSR count). The maximum absolute atomic E-state index is 13.4. The van der Waals surface area contributed by atoms with Crippen LogP contribution < -0.4 is 4.74 Å². The first-order valence-electron chi connectivity index (χ1n) is 13.5. The van der Waals surface area contributed by atoms with Gasteiger partial charge < -0.3 is 9.64 Å². The van der Waals surface area contributed by atoms with Gasteiger partial charge >= 0.3 is 0 Å². The molecule has 0 N–H and O–H groups in total. The molecule has 0 aliphatic carbocycles. The highest BCUT2D eigenvalue weighted by atomic mass is 32.1. The largest absolute Gasteiger partial charge is 0.494 e. The molecule has 0 spiro atoms. The summed E-state index contributed by atoms with van der Waals surface area (Å²) in [7, 11) is 0. The van der Waals surface area contributed by atoms with E-state index in [9.17, 15) is 4.79 Å². The smallest absolute Gasteiger partial charge is 0.228 e. The summed E-state index contributed by atoms with van der Waals surface area (Å²) >= 11 is 1.58. The molecular weight excluding hydrogens is 504 g/mol. The van der Waals surface area contributed by atoms with Gasteiger partial charge in [0.05, 0.1) is 24.8 Å². The van der Waals surface area contributed by atoms with Crippen LogP contribution in [0.1, 0.15) is 29.8 Å². The van der Waals surface area contributed by atoms with Gasteiger partial charge in [-0.1, -0.05) is 60.7 Å². The minimum absolute atomic E-state index is 0.168. The first-order chi connectivity index (χ1) is 19.2. The maximum atomic E-state index is 13.4. The standard InChI is InChI=1S/C32H32N4O2S/c1-2-38-28-15-13-24(14-16-28)29-22-36-27(23-39-32(36)33-29)21-30(37)34-17-19-35(20-18-34)31(25-9-5-3-6-10-25)26-11-7-4-8-12-26/h3-16,22-23,31H,2,17-21H2,1H3. The molecule has 6 nitrogen and oxygen atoms in total. The van der Waals surface area contributed by atoms with E-state index in [0.29, 0.717) is 13.0 Å². The zero-order valence-electron chi connectivity index (χ0n) is 22.1. The van der Waals surface area contributed by atoms with E-state index in [1.807, 2.05) is 42.3 Å². The van der Waals surface area contributed by atoms with Gasteiger partial charge in [0.1, 0.15) is 5.75 Å². The predicted octanol–water partition coefficient (Wildman–Crippen LogP) is 5.94. The van der Waals surface area contributed by atoms with E-state index in [4.69, 9.17) is 9.72 Å². The van der Waals surface area contributed by atoms with E-state index in [0.717, 1.165) is 53.8 Å². The van der Waals surface area contributed by atoms with Crippen LogP contribution in [0.5, 0.6) is 5.75 Å². The number of fused-ring (bicyclic) bond motifs is 1. The van der Waals surface area contributed by atoms with Crippen LogP contribution in [0.3, 0.4) is 0 Å². The molecule has 7 heteroatoms. The first-order valence-corrected chi connectivity index (χ1v) is 14.4. The van der Waals surface area contributed by atoms with Crippen molar-refractivity contribution in [2.75, 3.05) is 32.8 Å². The van der Waals surface area contributed by atoms with Crippen molar-refractivity contribution < 1.29 is 9.53 Å². The fourth-order valence-electron chi connectivity index (χ4n) is 5.37. The van der Waals surface area contributed by atoms with E-state index >= 15 is 0 Å². The second-order valence-corrected chi connectivity index (χ2v) is 10.6. The molecule has 1 fully saturated rings. The van der Waals surface area contributed by atoms with Crippen LogP contribution in [0.4, 0.5) is 0 Å².